The second-order valence-corrected chi connectivity index (χ2v) is 11.5. The third-order valence-corrected chi connectivity index (χ3v) is 7.14. The monoisotopic (exact) mass is 555 g/mol. The maximum atomic E-state index is 14.1. The van der Waals surface area contributed by atoms with Crippen LogP contribution in [-0.4, -0.2) is 11.9 Å². The molecule has 2 aliphatic rings. The summed E-state index contributed by atoms with van der Waals surface area (Å²) in [5.41, 5.74) is 0.180. The smallest absolute Gasteiger partial charge is 0.374 e. The van der Waals surface area contributed by atoms with E-state index in [-0.39, 0.29) is 24.6 Å². The molecule has 0 radical (unpaired) electrons. The van der Waals surface area contributed by atoms with Crippen LogP contribution in [0.2, 0.25) is 10.0 Å². The molecule has 0 saturated carbocycles. The molecule has 1 unspecified atom stereocenters. The third kappa shape index (κ3) is 3.38. The summed E-state index contributed by atoms with van der Waals surface area (Å²) in [6.07, 6.45) is -3.51. The Morgan fingerprint density at radius 2 is 1.71 bits per heavy atom. The largest absolute Gasteiger partial charge is 0.435 e. The molecule has 2 aromatic rings. The van der Waals surface area contributed by atoms with Crippen LogP contribution in [0.4, 0.5) is 13.2 Å². The Bertz CT molecular complexity index is 973. The SMILES string of the molecule is FC(F)(F)C1(c2cc(Cl)cc(Cl)c2)CC(c2ccc3c(c2)CCC3(Br)Br)=NO1. The quantitative estimate of drug-likeness (QED) is 0.351. The van der Waals surface area contributed by atoms with Crippen LogP contribution in [0.15, 0.2) is 41.6 Å². The van der Waals surface area contributed by atoms with Crippen molar-refractivity contribution in [3.63, 3.8) is 0 Å². The Morgan fingerprint density at radius 1 is 1.04 bits per heavy atom. The van der Waals surface area contributed by atoms with Gasteiger partial charge in [0.15, 0.2) is 0 Å². The Morgan fingerprint density at radius 3 is 2.36 bits per heavy atom. The highest BCUT2D eigenvalue weighted by Gasteiger charge is 2.62. The van der Waals surface area contributed by atoms with Gasteiger partial charge in [-0.25, -0.2) is 0 Å². The molecule has 4 rings (SSSR count). The number of alkyl halides is 5. The molecule has 1 aliphatic carbocycles. The van der Waals surface area contributed by atoms with E-state index >= 15 is 0 Å². The number of hydrogen-bond donors (Lipinski definition) is 0. The van der Waals surface area contributed by atoms with E-state index in [9.17, 15) is 13.2 Å². The molecule has 0 N–H and O–H groups in total. The van der Waals surface area contributed by atoms with Crippen LogP contribution in [0, 0.1) is 0 Å². The molecule has 0 aromatic heterocycles. The summed E-state index contributed by atoms with van der Waals surface area (Å²) < 4.78 is 41.9. The lowest BCUT2D eigenvalue weighted by molar-refractivity contribution is -0.275. The number of hydrogen-bond acceptors (Lipinski definition) is 2. The van der Waals surface area contributed by atoms with E-state index in [0.717, 1.165) is 24.0 Å². The minimum Gasteiger partial charge on any atom is -0.374 e. The summed E-state index contributed by atoms with van der Waals surface area (Å²) in [6, 6.07) is 9.34. The van der Waals surface area contributed by atoms with Gasteiger partial charge < -0.3 is 4.84 Å². The number of nitrogens with zero attached hydrogens (tertiary/aromatic N) is 1. The molecule has 0 amide bonds. The zero-order valence-electron chi connectivity index (χ0n) is 14.1. The Kier molecular flexibility index (Phi) is 5.05. The summed E-state index contributed by atoms with van der Waals surface area (Å²) in [5, 5.41) is 4.02. The zero-order chi connectivity index (χ0) is 20.3. The summed E-state index contributed by atoms with van der Waals surface area (Å²) in [7, 11) is 0. The fraction of sp³-hybridized carbons (Fsp3) is 0.316. The van der Waals surface area contributed by atoms with Crippen molar-refractivity contribution in [3.05, 3.63) is 68.7 Å². The van der Waals surface area contributed by atoms with Crippen LogP contribution in [0.1, 0.15) is 35.1 Å². The molecule has 0 spiro atoms. The minimum absolute atomic E-state index is 0.103. The van der Waals surface area contributed by atoms with Gasteiger partial charge in [-0.05, 0) is 53.8 Å². The molecule has 9 heteroatoms. The lowest BCUT2D eigenvalue weighted by atomic mass is 9.86. The number of benzene rings is 2. The predicted octanol–water partition coefficient (Wildman–Crippen LogP) is 7.46. The fourth-order valence-electron chi connectivity index (χ4n) is 3.61. The maximum absolute atomic E-state index is 14.1. The first-order valence-electron chi connectivity index (χ1n) is 8.32. The van der Waals surface area contributed by atoms with Crippen LogP contribution in [0.5, 0.6) is 0 Å². The molecule has 2 nitrogen and oxygen atoms in total. The molecule has 0 bridgehead atoms. The van der Waals surface area contributed by atoms with Crippen molar-refractivity contribution in [3.8, 4) is 0 Å². The molecular weight excluding hydrogens is 546 g/mol. The zero-order valence-corrected chi connectivity index (χ0v) is 18.8. The molecule has 1 atom stereocenters. The molecule has 0 fully saturated rings. The van der Waals surface area contributed by atoms with Crippen molar-refractivity contribution >= 4 is 60.8 Å². The van der Waals surface area contributed by atoms with Gasteiger partial charge in [-0.2, -0.15) is 13.2 Å². The van der Waals surface area contributed by atoms with Crippen LogP contribution in [0.25, 0.3) is 0 Å². The van der Waals surface area contributed by atoms with E-state index in [0.29, 0.717) is 5.56 Å². The van der Waals surface area contributed by atoms with Gasteiger partial charge in [0.25, 0.3) is 5.60 Å². The average Bonchev–Trinajstić information content (AvgIpc) is 3.16. The van der Waals surface area contributed by atoms with Crippen LogP contribution in [-0.2, 0) is 20.1 Å². The summed E-state index contributed by atoms with van der Waals surface area (Å²) >= 11 is 19.1. The van der Waals surface area contributed by atoms with E-state index in [1.807, 2.05) is 12.1 Å². The van der Waals surface area contributed by atoms with Crippen molar-refractivity contribution < 1.29 is 18.0 Å². The standard InChI is InChI=1S/C19H12Br2Cl2F3NO/c20-18(21)4-3-10-5-11(1-2-15(10)18)16-9-17(28-27-16,19(24,25)26)12-6-13(22)8-14(23)7-12/h1-2,5-8H,3-4,9H2. The lowest BCUT2D eigenvalue weighted by Crippen LogP contribution is -2.42. The van der Waals surface area contributed by atoms with Gasteiger partial charge in [-0.15, -0.1) is 0 Å². The third-order valence-electron chi connectivity index (χ3n) is 5.06. The second kappa shape index (κ2) is 6.89. The van der Waals surface area contributed by atoms with Crippen LogP contribution < -0.4 is 0 Å². The first kappa shape index (κ1) is 20.5. The highest BCUT2D eigenvalue weighted by Crippen LogP contribution is 2.51. The summed E-state index contributed by atoms with van der Waals surface area (Å²) in [6.45, 7) is 0. The Balaban J connectivity index is 1.72. The number of oxime groups is 1. The van der Waals surface area contributed by atoms with Crippen molar-refractivity contribution in [2.75, 3.05) is 0 Å². The fourth-order valence-corrected chi connectivity index (χ4v) is 5.30. The molecule has 2 aromatic carbocycles. The number of halogens is 7. The van der Waals surface area contributed by atoms with Gasteiger partial charge in [-0.1, -0.05) is 72.4 Å². The van der Waals surface area contributed by atoms with Gasteiger partial charge in [0.1, 0.15) is 3.23 Å². The second-order valence-electron chi connectivity index (χ2n) is 6.87. The molecule has 0 saturated heterocycles. The summed E-state index contributed by atoms with van der Waals surface area (Å²) in [4.78, 5) is 5.06. The van der Waals surface area contributed by atoms with E-state index in [1.165, 1.54) is 18.2 Å². The van der Waals surface area contributed by atoms with Crippen molar-refractivity contribution in [1.29, 1.82) is 0 Å². The molecule has 148 valence electrons. The molecule has 28 heavy (non-hydrogen) atoms. The number of rotatable bonds is 2. The first-order chi connectivity index (χ1) is 13.0. The van der Waals surface area contributed by atoms with Crippen molar-refractivity contribution in [1.82, 2.24) is 0 Å². The number of aryl methyl sites for hydroxylation is 1. The van der Waals surface area contributed by atoms with Crippen molar-refractivity contribution in [2.24, 2.45) is 5.16 Å². The maximum Gasteiger partial charge on any atom is 0.435 e. The summed E-state index contributed by atoms with van der Waals surface area (Å²) in [5.74, 6) is 0. The normalized spacial score (nSPS) is 23.3. The van der Waals surface area contributed by atoms with Crippen molar-refractivity contribution in [2.45, 2.75) is 34.3 Å². The van der Waals surface area contributed by atoms with E-state index in [1.54, 1.807) is 6.07 Å². The van der Waals surface area contributed by atoms with Gasteiger partial charge in [0.05, 0.1) is 5.71 Å². The average molecular weight is 558 g/mol. The first-order valence-corrected chi connectivity index (χ1v) is 10.7. The molecular formula is C19H12Br2Cl2F3NO. The minimum atomic E-state index is -4.70. The van der Waals surface area contributed by atoms with Gasteiger partial charge >= 0.3 is 6.18 Å². The lowest BCUT2D eigenvalue weighted by Gasteiger charge is -2.29. The topological polar surface area (TPSA) is 21.6 Å². The molecule has 1 aliphatic heterocycles. The van der Waals surface area contributed by atoms with E-state index < -0.39 is 18.2 Å². The Labute approximate surface area is 186 Å². The van der Waals surface area contributed by atoms with Crippen LogP contribution in [0.3, 0.4) is 0 Å². The number of fused-ring (bicyclic) bond motifs is 1. The van der Waals surface area contributed by atoms with Gasteiger partial charge in [0.2, 0.25) is 0 Å². The highest BCUT2D eigenvalue weighted by atomic mass is 79.9. The predicted molar refractivity (Wildman–Crippen MR) is 111 cm³/mol. The van der Waals surface area contributed by atoms with Crippen LogP contribution >= 0.6 is 55.1 Å². The van der Waals surface area contributed by atoms with E-state index in [4.69, 9.17) is 28.0 Å². The van der Waals surface area contributed by atoms with Gasteiger partial charge in [-0.3, -0.25) is 0 Å². The van der Waals surface area contributed by atoms with E-state index in [2.05, 4.69) is 37.0 Å². The van der Waals surface area contributed by atoms with Gasteiger partial charge in [0, 0.05) is 22.0 Å². The highest BCUT2D eigenvalue weighted by molar-refractivity contribution is 9.24. The Hall–Kier alpha value is -0.760. The molecule has 1 heterocycles.